The van der Waals surface area contributed by atoms with Gasteiger partial charge in [-0.15, -0.1) is 11.8 Å². The standard InChI is InChI=1S/C18H19ClN2O2S/c1-12(16-5-3-4-6-17(16)19)20-18(23)11-24-15-9-7-14(8-10-15)21-13(2)22/h3-10,12H,11H2,1-2H3,(H,20,23)(H,21,22). The van der Waals surface area contributed by atoms with E-state index in [1.165, 1.54) is 18.7 Å². The Morgan fingerprint density at radius 2 is 1.79 bits per heavy atom. The van der Waals surface area contributed by atoms with E-state index in [-0.39, 0.29) is 17.9 Å². The van der Waals surface area contributed by atoms with Crippen LogP contribution in [0.1, 0.15) is 25.5 Å². The van der Waals surface area contributed by atoms with Crippen LogP contribution in [-0.2, 0) is 9.59 Å². The Labute approximate surface area is 151 Å². The third-order valence-corrected chi connectivity index (χ3v) is 4.65. The summed E-state index contributed by atoms with van der Waals surface area (Å²) in [5.74, 6) is 0.149. The number of nitrogens with one attached hydrogen (secondary N) is 2. The summed E-state index contributed by atoms with van der Waals surface area (Å²) in [7, 11) is 0. The molecule has 2 aromatic rings. The van der Waals surface area contributed by atoms with E-state index in [4.69, 9.17) is 11.6 Å². The van der Waals surface area contributed by atoms with Crippen molar-refractivity contribution in [2.45, 2.75) is 24.8 Å². The molecule has 0 saturated heterocycles. The number of benzene rings is 2. The number of thioether (sulfide) groups is 1. The van der Waals surface area contributed by atoms with Crippen molar-refractivity contribution in [2.24, 2.45) is 0 Å². The number of anilines is 1. The zero-order chi connectivity index (χ0) is 17.5. The summed E-state index contributed by atoms with van der Waals surface area (Å²) >= 11 is 7.58. The van der Waals surface area contributed by atoms with Gasteiger partial charge in [0.05, 0.1) is 11.8 Å². The lowest BCUT2D eigenvalue weighted by Crippen LogP contribution is -2.28. The highest BCUT2D eigenvalue weighted by Gasteiger charge is 2.12. The molecule has 1 atom stereocenters. The van der Waals surface area contributed by atoms with Gasteiger partial charge in [-0.1, -0.05) is 29.8 Å². The molecule has 4 nitrogen and oxygen atoms in total. The monoisotopic (exact) mass is 362 g/mol. The van der Waals surface area contributed by atoms with E-state index in [0.29, 0.717) is 10.8 Å². The lowest BCUT2D eigenvalue weighted by atomic mass is 10.1. The highest BCUT2D eigenvalue weighted by molar-refractivity contribution is 8.00. The predicted octanol–water partition coefficient (Wildman–Crippen LogP) is 4.27. The van der Waals surface area contributed by atoms with E-state index in [9.17, 15) is 9.59 Å². The van der Waals surface area contributed by atoms with Gasteiger partial charge in [-0.2, -0.15) is 0 Å². The van der Waals surface area contributed by atoms with Gasteiger partial charge in [0.1, 0.15) is 0 Å². The van der Waals surface area contributed by atoms with Gasteiger partial charge < -0.3 is 10.6 Å². The van der Waals surface area contributed by atoms with Gasteiger partial charge in [-0.25, -0.2) is 0 Å². The molecule has 2 aromatic carbocycles. The number of rotatable bonds is 6. The third kappa shape index (κ3) is 5.58. The maximum atomic E-state index is 12.1. The lowest BCUT2D eigenvalue weighted by Gasteiger charge is -2.15. The smallest absolute Gasteiger partial charge is 0.230 e. The van der Waals surface area contributed by atoms with Crippen LogP contribution >= 0.6 is 23.4 Å². The summed E-state index contributed by atoms with van der Waals surface area (Å²) in [5, 5.41) is 6.29. The number of carbonyl (C=O) groups is 2. The maximum absolute atomic E-state index is 12.1. The summed E-state index contributed by atoms with van der Waals surface area (Å²) in [6, 6.07) is 14.7. The second-order valence-corrected chi connectivity index (χ2v) is 6.76. The van der Waals surface area contributed by atoms with Gasteiger partial charge in [0.25, 0.3) is 0 Å². The summed E-state index contributed by atoms with van der Waals surface area (Å²) in [5.41, 5.74) is 1.64. The molecule has 6 heteroatoms. The molecule has 0 fully saturated rings. The molecule has 24 heavy (non-hydrogen) atoms. The molecule has 0 radical (unpaired) electrons. The molecular weight excluding hydrogens is 344 g/mol. The van der Waals surface area contributed by atoms with Gasteiger partial charge in [0, 0.05) is 22.5 Å². The average Bonchev–Trinajstić information content (AvgIpc) is 2.54. The van der Waals surface area contributed by atoms with Gasteiger partial charge in [-0.3, -0.25) is 9.59 Å². The summed E-state index contributed by atoms with van der Waals surface area (Å²) in [6.07, 6.45) is 0. The zero-order valence-electron chi connectivity index (χ0n) is 13.5. The Morgan fingerprint density at radius 3 is 2.42 bits per heavy atom. The molecule has 126 valence electrons. The molecule has 0 aliphatic rings. The van der Waals surface area contributed by atoms with E-state index in [1.54, 1.807) is 0 Å². The molecule has 0 aromatic heterocycles. The zero-order valence-corrected chi connectivity index (χ0v) is 15.1. The molecule has 1 unspecified atom stereocenters. The van der Waals surface area contributed by atoms with E-state index in [2.05, 4.69) is 10.6 Å². The van der Waals surface area contributed by atoms with Crippen molar-refractivity contribution in [1.29, 1.82) is 0 Å². The Kier molecular flexibility index (Phi) is 6.70. The van der Waals surface area contributed by atoms with Gasteiger partial charge in [0.15, 0.2) is 0 Å². The highest BCUT2D eigenvalue weighted by Crippen LogP contribution is 2.23. The second kappa shape index (κ2) is 8.76. The van der Waals surface area contributed by atoms with Crippen LogP contribution in [0, 0.1) is 0 Å². The van der Waals surface area contributed by atoms with Crippen LogP contribution in [0.4, 0.5) is 5.69 Å². The summed E-state index contributed by atoms with van der Waals surface area (Å²) in [4.78, 5) is 24.0. The molecule has 2 N–H and O–H groups in total. The average molecular weight is 363 g/mol. The van der Waals surface area contributed by atoms with Crippen molar-refractivity contribution >= 4 is 40.9 Å². The number of halogens is 1. The lowest BCUT2D eigenvalue weighted by molar-refractivity contribution is -0.119. The van der Waals surface area contributed by atoms with Crippen molar-refractivity contribution in [3.05, 3.63) is 59.1 Å². The number of hydrogen-bond acceptors (Lipinski definition) is 3. The van der Waals surface area contributed by atoms with Gasteiger partial charge in [0.2, 0.25) is 11.8 Å². The molecule has 0 spiro atoms. The van der Waals surface area contributed by atoms with Crippen molar-refractivity contribution < 1.29 is 9.59 Å². The van der Waals surface area contributed by atoms with Gasteiger partial charge >= 0.3 is 0 Å². The Balaban J connectivity index is 1.84. The highest BCUT2D eigenvalue weighted by atomic mass is 35.5. The molecule has 0 bridgehead atoms. The number of hydrogen-bond donors (Lipinski definition) is 2. The topological polar surface area (TPSA) is 58.2 Å². The first-order valence-corrected chi connectivity index (χ1v) is 8.86. The molecule has 0 aliphatic heterocycles. The van der Waals surface area contributed by atoms with Crippen LogP contribution in [0.15, 0.2) is 53.4 Å². The van der Waals surface area contributed by atoms with E-state index >= 15 is 0 Å². The molecule has 2 amide bonds. The fourth-order valence-corrected chi connectivity index (χ4v) is 3.18. The molecule has 0 heterocycles. The molecule has 2 rings (SSSR count). The normalized spacial score (nSPS) is 11.6. The predicted molar refractivity (Wildman–Crippen MR) is 99.5 cm³/mol. The minimum absolute atomic E-state index is 0.0571. The van der Waals surface area contributed by atoms with Crippen LogP contribution in [0.5, 0.6) is 0 Å². The molecule has 0 saturated carbocycles. The van der Waals surface area contributed by atoms with Crippen LogP contribution < -0.4 is 10.6 Å². The van der Waals surface area contributed by atoms with E-state index in [1.807, 2.05) is 55.5 Å². The van der Waals surface area contributed by atoms with Gasteiger partial charge in [-0.05, 0) is 42.8 Å². The fraction of sp³-hybridized carbons (Fsp3) is 0.222. The third-order valence-electron chi connectivity index (χ3n) is 3.29. The summed E-state index contributed by atoms with van der Waals surface area (Å²) in [6.45, 7) is 3.37. The Hall–Kier alpha value is -1.98. The van der Waals surface area contributed by atoms with Crippen LogP contribution in [0.25, 0.3) is 0 Å². The van der Waals surface area contributed by atoms with Crippen molar-refractivity contribution in [2.75, 3.05) is 11.1 Å². The van der Waals surface area contributed by atoms with E-state index < -0.39 is 0 Å². The second-order valence-electron chi connectivity index (χ2n) is 5.30. The quantitative estimate of drug-likeness (QED) is 0.754. The maximum Gasteiger partial charge on any atom is 0.230 e. The minimum atomic E-state index is -0.144. The summed E-state index contributed by atoms with van der Waals surface area (Å²) < 4.78 is 0. The Morgan fingerprint density at radius 1 is 1.12 bits per heavy atom. The molecule has 0 aliphatic carbocycles. The SMILES string of the molecule is CC(=O)Nc1ccc(SCC(=O)NC(C)c2ccccc2Cl)cc1. The fourth-order valence-electron chi connectivity index (χ4n) is 2.17. The van der Waals surface area contributed by atoms with Crippen molar-refractivity contribution in [3.63, 3.8) is 0 Å². The van der Waals surface area contributed by atoms with E-state index in [0.717, 1.165) is 16.1 Å². The number of amides is 2. The minimum Gasteiger partial charge on any atom is -0.349 e. The largest absolute Gasteiger partial charge is 0.349 e. The van der Waals surface area contributed by atoms with Crippen LogP contribution in [-0.4, -0.2) is 17.6 Å². The molecular formula is C18H19ClN2O2S. The van der Waals surface area contributed by atoms with Crippen LogP contribution in [0.2, 0.25) is 5.02 Å². The van der Waals surface area contributed by atoms with Crippen molar-refractivity contribution in [3.8, 4) is 0 Å². The first-order valence-electron chi connectivity index (χ1n) is 7.50. The first kappa shape index (κ1) is 18.4. The van der Waals surface area contributed by atoms with Crippen molar-refractivity contribution in [1.82, 2.24) is 5.32 Å². The first-order chi connectivity index (χ1) is 11.5. The van der Waals surface area contributed by atoms with Crippen LogP contribution in [0.3, 0.4) is 0 Å². The number of carbonyl (C=O) groups excluding carboxylic acids is 2. The Bertz CT molecular complexity index is 719.